The van der Waals surface area contributed by atoms with Crippen LogP contribution in [0.1, 0.15) is 26.5 Å². The van der Waals surface area contributed by atoms with E-state index < -0.39 is 0 Å². The van der Waals surface area contributed by atoms with Gasteiger partial charge in [0.1, 0.15) is 0 Å². The number of carbonyl (C=O) groups excluding carboxylic acids is 2. The summed E-state index contributed by atoms with van der Waals surface area (Å²) in [5.41, 5.74) is 0.655. The van der Waals surface area contributed by atoms with Crippen LogP contribution in [-0.4, -0.2) is 48.0 Å². The van der Waals surface area contributed by atoms with E-state index in [9.17, 15) is 9.59 Å². The summed E-state index contributed by atoms with van der Waals surface area (Å²) in [7, 11) is 0. The summed E-state index contributed by atoms with van der Waals surface area (Å²) in [6, 6.07) is 1.72. The molecular formula is C13H20N4O3. The maximum atomic E-state index is 11.9. The Morgan fingerprint density at radius 1 is 1.55 bits per heavy atom. The predicted octanol–water partition coefficient (Wildman–Crippen LogP) is 0.342. The molecule has 0 saturated carbocycles. The van der Waals surface area contributed by atoms with Gasteiger partial charge >= 0.3 is 0 Å². The molecule has 1 aromatic rings. The van der Waals surface area contributed by atoms with Gasteiger partial charge in [0.25, 0.3) is 0 Å². The third-order valence-electron chi connectivity index (χ3n) is 3.03. The lowest BCUT2D eigenvalue weighted by Crippen LogP contribution is -2.49. The molecule has 1 aromatic heterocycles. The summed E-state index contributed by atoms with van der Waals surface area (Å²) in [6.07, 6.45) is 0. The Labute approximate surface area is 117 Å². The molecule has 0 radical (unpaired) electrons. The SMILES string of the molecule is CC(C)(C)c1cc(NC(=O)CN2CCNC(=O)C2)on1. The number of anilines is 1. The lowest BCUT2D eigenvalue weighted by atomic mass is 9.92. The minimum absolute atomic E-state index is 0.0567. The monoisotopic (exact) mass is 280 g/mol. The molecule has 2 amide bonds. The molecule has 0 unspecified atom stereocenters. The molecule has 110 valence electrons. The molecule has 2 heterocycles. The summed E-state index contributed by atoms with van der Waals surface area (Å²) in [5.74, 6) is 0.0661. The van der Waals surface area contributed by atoms with Gasteiger partial charge in [-0.2, -0.15) is 0 Å². The highest BCUT2D eigenvalue weighted by Crippen LogP contribution is 2.23. The molecule has 1 saturated heterocycles. The second-order valence-electron chi connectivity index (χ2n) is 5.94. The Balaban J connectivity index is 1.88. The van der Waals surface area contributed by atoms with Crippen molar-refractivity contribution in [3.8, 4) is 0 Å². The van der Waals surface area contributed by atoms with Crippen LogP contribution < -0.4 is 10.6 Å². The average molecular weight is 280 g/mol. The number of hydrogen-bond donors (Lipinski definition) is 2. The van der Waals surface area contributed by atoms with Crippen LogP contribution in [0, 0.1) is 0 Å². The minimum atomic E-state index is -0.212. The minimum Gasteiger partial charge on any atom is -0.354 e. The second kappa shape index (κ2) is 5.62. The van der Waals surface area contributed by atoms with Crippen molar-refractivity contribution in [1.82, 2.24) is 15.4 Å². The first-order valence-electron chi connectivity index (χ1n) is 6.61. The van der Waals surface area contributed by atoms with Crippen molar-refractivity contribution in [2.24, 2.45) is 0 Å². The van der Waals surface area contributed by atoms with Crippen LogP contribution in [0.2, 0.25) is 0 Å². The van der Waals surface area contributed by atoms with E-state index >= 15 is 0 Å². The molecule has 0 aromatic carbocycles. The Bertz CT molecular complexity index is 504. The molecule has 7 nitrogen and oxygen atoms in total. The van der Waals surface area contributed by atoms with Crippen LogP contribution in [0.4, 0.5) is 5.88 Å². The molecule has 0 bridgehead atoms. The zero-order chi connectivity index (χ0) is 14.8. The van der Waals surface area contributed by atoms with E-state index in [1.807, 2.05) is 20.8 Å². The highest BCUT2D eigenvalue weighted by Gasteiger charge is 2.21. The van der Waals surface area contributed by atoms with Crippen LogP contribution in [0.15, 0.2) is 10.6 Å². The number of aromatic nitrogens is 1. The molecule has 7 heteroatoms. The Kier molecular flexibility index (Phi) is 4.08. The average Bonchev–Trinajstić information content (AvgIpc) is 2.76. The first-order chi connectivity index (χ1) is 9.34. The van der Waals surface area contributed by atoms with Crippen LogP contribution in [0.25, 0.3) is 0 Å². The summed E-state index contributed by atoms with van der Waals surface area (Å²) in [6.45, 7) is 7.70. The van der Waals surface area contributed by atoms with Crippen LogP contribution in [-0.2, 0) is 15.0 Å². The molecule has 0 atom stereocenters. The number of hydrogen-bond acceptors (Lipinski definition) is 5. The van der Waals surface area contributed by atoms with Crippen molar-refractivity contribution in [3.63, 3.8) is 0 Å². The number of rotatable bonds is 3. The third-order valence-corrected chi connectivity index (χ3v) is 3.03. The van der Waals surface area contributed by atoms with Crippen molar-refractivity contribution < 1.29 is 14.1 Å². The summed E-state index contributed by atoms with van der Waals surface area (Å²) < 4.78 is 5.09. The number of carbonyl (C=O) groups is 2. The molecule has 2 N–H and O–H groups in total. The van der Waals surface area contributed by atoms with Gasteiger partial charge in [0.05, 0.1) is 18.8 Å². The zero-order valence-electron chi connectivity index (χ0n) is 12.0. The Morgan fingerprint density at radius 3 is 2.90 bits per heavy atom. The van der Waals surface area contributed by atoms with E-state index in [2.05, 4.69) is 15.8 Å². The first-order valence-corrected chi connectivity index (χ1v) is 6.61. The van der Waals surface area contributed by atoms with E-state index in [1.165, 1.54) is 0 Å². The van der Waals surface area contributed by atoms with Crippen LogP contribution in [0.5, 0.6) is 0 Å². The number of piperazine rings is 1. The molecular weight excluding hydrogens is 260 g/mol. The number of nitrogens with one attached hydrogen (secondary N) is 2. The highest BCUT2D eigenvalue weighted by molar-refractivity contribution is 5.91. The smallest absolute Gasteiger partial charge is 0.240 e. The van der Waals surface area contributed by atoms with Gasteiger partial charge in [0.15, 0.2) is 0 Å². The fourth-order valence-corrected chi connectivity index (χ4v) is 1.89. The van der Waals surface area contributed by atoms with Crippen molar-refractivity contribution >= 4 is 17.7 Å². The molecule has 20 heavy (non-hydrogen) atoms. The number of amides is 2. The fourth-order valence-electron chi connectivity index (χ4n) is 1.89. The van der Waals surface area contributed by atoms with E-state index in [4.69, 9.17) is 4.52 Å². The van der Waals surface area contributed by atoms with E-state index in [0.29, 0.717) is 19.0 Å². The van der Waals surface area contributed by atoms with Crippen molar-refractivity contribution in [3.05, 3.63) is 11.8 Å². The van der Waals surface area contributed by atoms with E-state index in [-0.39, 0.29) is 30.3 Å². The Morgan fingerprint density at radius 2 is 2.30 bits per heavy atom. The molecule has 2 rings (SSSR count). The summed E-state index contributed by atoms with van der Waals surface area (Å²) in [5, 5.41) is 9.30. The van der Waals surface area contributed by atoms with Gasteiger partial charge < -0.3 is 9.84 Å². The lowest BCUT2D eigenvalue weighted by Gasteiger charge is -2.25. The zero-order valence-corrected chi connectivity index (χ0v) is 12.0. The van der Waals surface area contributed by atoms with Gasteiger partial charge in [0, 0.05) is 24.6 Å². The lowest BCUT2D eigenvalue weighted by molar-refractivity contribution is -0.125. The standard InChI is InChI=1S/C13H20N4O3/c1-13(2,3)9-6-12(20-16-9)15-11(19)8-17-5-4-14-10(18)7-17/h6H,4-5,7-8H2,1-3H3,(H,14,18)(H,15,19). The van der Waals surface area contributed by atoms with Gasteiger partial charge in [-0.1, -0.05) is 25.9 Å². The molecule has 0 spiro atoms. The highest BCUT2D eigenvalue weighted by atomic mass is 16.5. The van der Waals surface area contributed by atoms with Gasteiger partial charge in [-0.25, -0.2) is 0 Å². The third kappa shape index (κ3) is 3.80. The normalized spacial score (nSPS) is 16.9. The van der Waals surface area contributed by atoms with E-state index in [1.54, 1.807) is 11.0 Å². The molecule has 1 aliphatic rings. The number of nitrogens with zero attached hydrogens (tertiary/aromatic N) is 2. The van der Waals surface area contributed by atoms with E-state index in [0.717, 1.165) is 5.69 Å². The maximum Gasteiger partial charge on any atom is 0.240 e. The van der Waals surface area contributed by atoms with Gasteiger partial charge in [-0.15, -0.1) is 0 Å². The van der Waals surface area contributed by atoms with Gasteiger partial charge in [0.2, 0.25) is 17.7 Å². The van der Waals surface area contributed by atoms with Crippen LogP contribution >= 0.6 is 0 Å². The van der Waals surface area contributed by atoms with Crippen molar-refractivity contribution in [2.45, 2.75) is 26.2 Å². The molecule has 0 aliphatic carbocycles. The summed E-state index contributed by atoms with van der Waals surface area (Å²) in [4.78, 5) is 24.9. The first kappa shape index (κ1) is 14.5. The maximum absolute atomic E-state index is 11.9. The predicted molar refractivity (Wildman–Crippen MR) is 73.3 cm³/mol. The quantitative estimate of drug-likeness (QED) is 0.834. The second-order valence-corrected chi connectivity index (χ2v) is 5.94. The van der Waals surface area contributed by atoms with Crippen molar-refractivity contribution in [1.29, 1.82) is 0 Å². The Hall–Kier alpha value is -1.89. The molecule has 1 aliphatic heterocycles. The largest absolute Gasteiger partial charge is 0.354 e. The summed E-state index contributed by atoms with van der Waals surface area (Å²) >= 11 is 0. The van der Waals surface area contributed by atoms with Gasteiger partial charge in [-0.05, 0) is 0 Å². The van der Waals surface area contributed by atoms with Gasteiger partial charge in [-0.3, -0.25) is 19.8 Å². The van der Waals surface area contributed by atoms with Crippen molar-refractivity contribution in [2.75, 3.05) is 31.5 Å². The molecule has 1 fully saturated rings. The topological polar surface area (TPSA) is 87.5 Å². The van der Waals surface area contributed by atoms with Crippen LogP contribution in [0.3, 0.4) is 0 Å². The fraction of sp³-hybridized carbons (Fsp3) is 0.615.